The van der Waals surface area contributed by atoms with Crippen LogP contribution < -0.4 is 5.32 Å². The summed E-state index contributed by atoms with van der Waals surface area (Å²) in [7, 11) is 3.79. The number of hydrogen-bond acceptors (Lipinski definition) is 4. The number of likely N-dealkylation sites (N-methyl/N-ethyl adjacent to an activating group) is 1. The van der Waals surface area contributed by atoms with Crippen LogP contribution >= 0.6 is 0 Å². The largest absolute Gasteiger partial charge is 0.350 e. The van der Waals surface area contributed by atoms with Gasteiger partial charge in [0.25, 0.3) is 5.91 Å². The van der Waals surface area contributed by atoms with Gasteiger partial charge in [-0.3, -0.25) is 14.3 Å². The summed E-state index contributed by atoms with van der Waals surface area (Å²) in [6, 6.07) is 1.73. The van der Waals surface area contributed by atoms with Crippen molar-refractivity contribution in [2.24, 2.45) is 7.05 Å². The smallest absolute Gasteiger partial charge is 0.269 e. The zero-order valence-electron chi connectivity index (χ0n) is 12.9. The second-order valence-corrected chi connectivity index (χ2v) is 5.48. The molecular formula is C14H23N5O2. The summed E-state index contributed by atoms with van der Waals surface area (Å²) in [5.41, 5.74) is 1.32. The SMILES string of the molecule is Cc1cc(C(=O)NCCC(=O)N2CCN(C)CC2)n(C)n1. The van der Waals surface area contributed by atoms with E-state index in [1.54, 1.807) is 17.8 Å². The Morgan fingerprint density at radius 3 is 2.48 bits per heavy atom. The molecule has 2 heterocycles. The van der Waals surface area contributed by atoms with Crippen molar-refractivity contribution >= 4 is 11.8 Å². The van der Waals surface area contributed by atoms with Crippen molar-refractivity contribution in [1.29, 1.82) is 0 Å². The predicted octanol–water partition coefficient (Wildman–Crippen LogP) is -0.378. The lowest BCUT2D eigenvalue weighted by molar-refractivity contribution is -0.132. The Morgan fingerprint density at radius 1 is 1.24 bits per heavy atom. The van der Waals surface area contributed by atoms with Gasteiger partial charge in [0.15, 0.2) is 0 Å². The average molecular weight is 293 g/mol. The van der Waals surface area contributed by atoms with E-state index in [9.17, 15) is 9.59 Å². The molecule has 7 nitrogen and oxygen atoms in total. The molecule has 0 bridgehead atoms. The minimum Gasteiger partial charge on any atom is -0.350 e. The quantitative estimate of drug-likeness (QED) is 0.822. The molecule has 0 atom stereocenters. The molecule has 0 spiro atoms. The summed E-state index contributed by atoms with van der Waals surface area (Å²) in [5.74, 6) is -0.0890. The number of hydrogen-bond donors (Lipinski definition) is 1. The number of rotatable bonds is 4. The third-order valence-electron chi connectivity index (χ3n) is 3.72. The third kappa shape index (κ3) is 4.04. The van der Waals surface area contributed by atoms with Crippen LogP contribution in [0.1, 0.15) is 22.6 Å². The van der Waals surface area contributed by atoms with Crippen LogP contribution in [0.25, 0.3) is 0 Å². The maximum Gasteiger partial charge on any atom is 0.269 e. The Balaban J connectivity index is 1.75. The number of nitrogens with one attached hydrogen (secondary N) is 1. The molecule has 0 radical (unpaired) electrons. The highest BCUT2D eigenvalue weighted by Gasteiger charge is 2.19. The van der Waals surface area contributed by atoms with Crippen LogP contribution in [-0.2, 0) is 11.8 Å². The van der Waals surface area contributed by atoms with Gasteiger partial charge in [-0.25, -0.2) is 0 Å². The first-order chi connectivity index (χ1) is 9.97. The summed E-state index contributed by atoms with van der Waals surface area (Å²) in [6.07, 6.45) is 0.340. The minimum atomic E-state index is -0.190. The van der Waals surface area contributed by atoms with E-state index in [2.05, 4.69) is 22.4 Å². The Morgan fingerprint density at radius 2 is 1.90 bits per heavy atom. The van der Waals surface area contributed by atoms with Gasteiger partial charge in [-0.1, -0.05) is 0 Å². The summed E-state index contributed by atoms with van der Waals surface area (Å²) in [4.78, 5) is 28.1. The molecule has 1 aromatic rings. The van der Waals surface area contributed by atoms with Gasteiger partial charge in [0.05, 0.1) is 5.69 Å². The molecule has 1 saturated heterocycles. The average Bonchev–Trinajstić information content (AvgIpc) is 2.78. The number of carbonyl (C=O) groups excluding carboxylic acids is 2. The van der Waals surface area contributed by atoms with Crippen LogP contribution in [0.4, 0.5) is 0 Å². The van der Waals surface area contributed by atoms with Crippen molar-refractivity contribution in [2.45, 2.75) is 13.3 Å². The van der Waals surface area contributed by atoms with Crippen LogP contribution in [0.2, 0.25) is 0 Å². The standard InChI is InChI=1S/C14H23N5O2/c1-11-10-12(18(3)16-11)14(21)15-5-4-13(20)19-8-6-17(2)7-9-19/h10H,4-9H2,1-3H3,(H,15,21). The molecule has 2 rings (SSSR count). The third-order valence-corrected chi connectivity index (χ3v) is 3.72. The van der Waals surface area contributed by atoms with E-state index < -0.39 is 0 Å². The Bertz CT molecular complexity index is 517. The van der Waals surface area contributed by atoms with Crippen molar-refractivity contribution in [1.82, 2.24) is 24.9 Å². The fourth-order valence-corrected chi connectivity index (χ4v) is 2.41. The van der Waals surface area contributed by atoms with Crippen LogP contribution in [0.5, 0.6) is 0 Å². The molecule has 0 unspecified atom stereocenters. The molecule has 21 heavy (non-hydrogen) atoms. The van der Waals surface area contributed by atoms with Crippen molar-refractivity contribution in [3.8, 4) is 0 Å². The highest BCUT2D eigenvalue weighted by molar-refractivity contribution is 5.92. The van der Waals surface area contributed by atoms with Crippen molar-refractivity contribution in [3.05, 3.63) is 17.5 Å². The number of aromatic nitrogens is 2. The second kappa shape index (κ2) is 6.71. The van der Waals surface area contributed by atoms with Crippen LogP contribution in [0.3, 0.4) is 0 Å². The summed E-state index contributed by atoms with van der Waals surface area (Å²) >= 11 is 0. The molecule has 1 fully saturated rings. The zero-order chi connectivity index (χ0) is 15.4. The van der Waals surface area contributed by atoms with E-state index in [1.807, 2.05) is 11.8 Å². The van der Waals surface area contributed by atoms with Gasteiger partial charge in [-0.05, 0) is 20.0 Å². The van der Waals surface area contributed by atoms with Gasteiger partial charge < -0.3 is 15.1 Å². The van der Waals surface area contributed by atoms with Crippen molar-refractivity contribution < 1.29 is 9.59 Å². The summed E-state index contributed by atoms with van der Waals surface area (Å²) in [5, 5.41) is 6.91. The van der Waals surface area contributed by atoms with E-state index >= 15 is 0 Å². The molecule has 1 aliphatic rings. The maximum absolute atomic E-state index is 12.0. The normalized spacial score (nSPS) is 16.0. The number of amides is 2. The molecule has 1 aromatic heterocycles. The molecule has 1 aliphatic heterocycles. The number of aryl methyl sites for hydroxylation is 2. The minimum absolute atomic E-state index is 0.101. The topological polar surface area (TPSA) is 70.5 Å². The van der Waals surface area contributed by atoms with Crippen LogP contribution in [0.15, 0.2) is 6.07 Å². The van der Waals surface area contributed by atoms with Crippen molar-refractivity contribution in [3.63, 3.8) is 0 Å². The number of nitrogens with zero attached hydrogens (tertiary/aromatic N) is 4. The van der Waals surface area contributed by atoms with E-state index in [0.717, 1.165) is 31.9 Å². The lowest BCUT2D eigenvalue weighted by Gasteiger charge is -2.32. The van der Waals surface area contributed by atoms with Crippen molar-refractivity contribution in [2.75, 3.05) is 39.8 Å². The van der Waals surface area contributed by atoms with Gasteiger partial charge in [-0.15, -0.1) is 0 Å². The molecule has 116 valence electrons. The van der Waals surface area contributed by atoms with Gasteiger partial charge in [0.2, 0.25) is 5.91 Å². The highest BCUT2D eigenvalue weighted by atomic mass is 16.2. The molecule has 0 aromatic carbocycles. The van der Waals surface area contributed by atoms with E-state index in [4.69, 9.17) is 0 Å². The van der Waals surface area contributed by atoms with Gasteiger partial charge in [0, 0.05) is 46.2 Å². The fraction of sp³-hybridized carbons (Fsp3) is 0.643. The van der Waals surface area contributed by atoms with Crippen LogP contribution in [-0.4, -0.2) is 71.2 Å². The Hall–Kier alpha value is -1.89. The van der Waals surface area contributed by atoms with Gasteiger partial charge in [-0.2, -0.15) is 5.10 Å². The number of piperazine rings is 1. The summed E-state index contributed by atoms with van der Waals surface area (Å²) in [6.45, 7) is 5.55. The van der Waals surface area contributed by atoms with Gasteiger partial charge in [0.1, 0.15) is 5.69 Å². The van der Waals surface area contributed by atoms with E-state index in [0.29, 0.717) is 18.7 Å². The molecule has 2 amide bonds. The monoisotopic (exact) mass is 293 g/mol. The Kier molecular flexibility index (Phi) is 4.95. The van der Waals surface area contributed by atoms with Crippen LogP contribution in [0, 0.1) is 6.92 Å². The molecular weight excluding hydrogens is 270 g/mol. The zero-order valence-corrected chi connectivity index (χ0v) is 12.9. The first-order valence-electron chi connectivity index (χ1n) is 7.22. The molecule has 0 saturated carbocycles. The summed E-state index contributed by atoms with van der Waals surface area (Å²) < 4.78 is 1.55. The first-order valence-corrected chi connectivity index (χ1v) is 7.22. The molecule has 7 heteroatoms. The predicted molar refractivity (Wildman–Crippen MR) is 79.0 cm³/mol. The lowest BCUT2D eigenvalue weighted by atomic mass is 10.3. The molecule has 1 N–H and O–H groups in total. The van der Waals surface area contributed by atoms with Gasteiger partial charge >= 0.3 is 0 Å². The molecule has 0 aliphatic carbocycles. The lowest BCUT2D eigenvalue weighted by Crippen LogP contribution is -2.47. The maximum atomic E-state index is 12.0. The fourth-order valence-electron chi connectivity index (χ4n) is 2.41. The first kappa shape index (κ1) is 15.5. The Labute approximate surface area is 124 Å². The highest BCUT2D eigenvalue weighted by Crippen LogP contribution is 2.03. The van der Waals surface area contributed by atoms with E-state index in [1.165, 1.54) is 0 Å². The second-order valence-electron chi connectivity index (χ2n) is 5.48. The number of carbonyl (C=O) groups is 2. The van der Waals surface area contributed by atoms with E-state index in [-0.39, 0.29) is 11.8 Å².